The highest BCUT2D eigenvalue weighted by atomic mass is 35.5. The van der Waals surface area contributed by atoms with Gasteiger partial charge in [-0.1, -0.05) is 0 Å². The van der Waals surface area contributed by atoms with E-state index in [1.165, 1.54) is 12.8 Å². The maximum absolute atomic E-state index is 12.8. The molecule has 3 heterocycles. The van der Waals surface area contributed by atoms with Crippen molar-refractivity contribution in [2.24, 2.45) is 5.92 Å². The van der Waals surface area contributed by atoms with E-state index in [2.05, 4.69) is 10.6 Å². The summed E-state index contributed by atoms with van der Waals surface area (Å²) in [6.45, 7) is 0.388. The molecule has 1 aromatic rings. The van der Waals surface area contributed by atoms with E-state index in [1.807, 2.05) is 0 Å². The standard InChI is InChI=1S/C20H27N3O4.ClH/c1-26-17-8-16(9-18(10-17)27-2)23-11-12(5-19(23)24)20(25)22-15-6-13-3-4-14(7-15)21-13;/h8-10,12-15,21H,3-7,11H2,1-2H3,(H,22,25);1H. The number of hydrogen-bond acceptors (Lipinski definition) is 5. The van der Waals surface area contributed by atoms with Crippen molar-refractivity contribution in [2.45, 2.75) is 50.2 Å². The lowest BCUT2D eigenvalue weighted by Gasteiger charge is -2.30. The van der Waals surface area contributed by atoms with E-state index in [0.717, 1.165) is 12.8 Å². The molecule has 2 N–H and O–H groups in total. The van der Waals surface area contributed by atoms with Crippen LogP contribution in [-0.2, 0) is 9.59 Å². The van der Waals surface area contributed by atoms with Gasteiger partial charge >= 0.3 is 0 Å². The third kappa shape index (κ3) is 4.20. The number of benzene rings is 1. The Morgan fingerprint density at radius 2 is 1.71 bits per heavy atom. The molecule has 2 bridgehead atoms. The molecule has 154 valence electrons. The summed E-state index contributed by atoms with van der Waals surface area (Å²) in [6, 6.07) is 6.63. The molecule has 0 aromatic heterocycles. The maximum Gasteiger partial charge on any atom is 0.227 e. The van der Waals surface area contributed by atoms with E-state index in [9.17, 15) is 9.59 Å². The average Bonchev–Trinajstić information content (AvgIpc) is 3.23. The molecule has 4 rings (SSSR count). The van der Waals surface area contributed by atoms with Crippen LogP contribution in [0.15, 0.2) is 18.2 Å². The smallest absolute Gasteiger partial charge is 0.227 e. The number of hydrogen-bond donors (Lipinski definition) is 2. The minimum Gasteiger partial charge on any atom is -0.497 e. The van der Waals surface area contributed by atoms with Crippen LogP contribution in [0.5, 0.6) is 11.5 Å². The minimum absolute atomic E-state index is 0. The zero-order valence-corrected chi connectivity index (χ0v) is 17.1. The number of carbonyl (C=O) groups is 2. The maximum atomic E-state index is 12.8. The molecule has 0 saturated carbocycles. The molecule has 0 radical (unpaired) electrons. The number of nitrogens with one attached hydrogen (secondary N) is 2. The summed E-state index contributed by atoms with van der Waals surface area (Å²) in [5, 5.41) is 6.78. The molecule has 3 atom stereocenters. The molecule has 2 amide bonds. The van der Waals surface area contributed by atoms with E-state index in [4.69, 9.17) is 9.47 Å². The SMILES string of the molecule is COc1cc(OC)cc(N2CC(C(=O)NC3CC4CCC(C3)N4)CC2=O)c1.Cl. The lowest BCUT2D eigenvalue weighted by atomic mass is 9.98. The Bertz CT molecular complexity index is 710. The van der Waals surface area contributed by atoms with Gasteiger partial charge in [-0.25, -0.2) is 0 Å². The number of halogens is 1. The monoisotopic (exact) mass is 409 g/mol. The van der Waals surface area contributed by atoms with E-state index >= 15 is 0 Å². The van der Waals surface area contributed by atoms with Crippen LogP contribution in [0.1, 0.15) is 32.1 Å². The van der Waals surface area contributed by atoms with Crippen LogP contribution in [0.4, 0.5) is 5.69 Å². The molecule has 3 fully saturated rings. The molecule has 7 nitrogen and oxygen atoms in total. The molecule has 3 aliphatic heterocycles. The summed E-state index contributed by atoms with van der Waals surface area (Å²) in [6.07, 6.45) is 4.61. The van der Waals surface area contributed by atoms with E-state index in [1.54, 1.807) is 37.3 Å². The average molecular weight is 410 g/mol. The van der Waals surface area contributed by atoms with Gasteiger partial charge in [-0.3, -0.25) is 9.59 Å². The first-order chi connectivity index (χ1) is 13.1. The molecular formula is C20H28ClN3O4. The summed E-state index contributed by atoms with van der Waals surface area (Å²) in [5.74, 6) is 0.871. The van der Waals surface area contributed by atoms with Crippen LogP contribution in [0.2, 0.25) is 0 Å². The van der Waals surface area contributed by atoms with E-state index in [0.29, 0.717) is 35.8 Å². The fraction of sp³-hybridized carbons (Fsp3) is 0.600. The van der Waals surface area contributed by atoms with Crippen LogP contribution >= 0.6 is 12.4 Å². The first kappa shape index (κ1) is 20.7. The summed E-state index contributed by atoms with van der Waals surface area (Å²) >= 11 is 0. The summed E-state index contributed by atoms with van der Waals surface area (Å²) in [5.41, 5.74) is 0.700. The van der Waals surface area contributed by atoms with Gasteiger partial charge in [0, 0.05) is 49.3 Å². The number of nitrogens with zero attached hydrogens (tertiary/aromatic N) is 1. The van der Waals surface area contributed by atoms with E-state index < -0.39 is 0 Å². The van der Waals surface area contributed by atoms with Crippen LogP contribution in [-0.4, -0.2) is 50.7 Å². The number of ether oxygens (including phenoxy) is 2. The highest BCUT2D eigenvalue weighted by molar-refractivity contribution is 6.00. The van der Waals surface area contributed by atoms with Crippen molar-refractivity contribution in [1.82, 2.24) is 10.6 Å². The molecule has 3 saturated heterocycles. The van der Waals surface area contributed by atoms with Crippen LogP contribution < -0.4 is 25.0 Å². The van der Waals surface area contributed by atoms with Crippen molar-refractivity contribution in [3.8, 4) is 11.5 Å². The molecule has 28 heavy (non-hydrogen) atoms. The van der Waals surface area contributed by atoms with Crippen LogP contribution in [0, 0.1) is 5.92 Å². The van der Waals surface area contributed by atoms with Crippen LogP contribution in [0.3, 0.4) is 0 Å². The van der Waals surface area contributed by atoms with Crippen molar-refractivity contribution in [2.75, 3.05) is 25.7 Å². The predicted octanol–water partition coefficient (Wildman–Crippen LogP) is 1.88. The highest BCUT2D eigenvalue weighted by Crippen LogP contribution is 2.33. The van der Waals surface area contributed by atoms with Crippen LogP contribution in [0.25, 0.3) is 0 Å². The topological polar surface area (TPSA) is 79.9 Å². The molecular weight excluding hydrogens is 382 g/mol. The van der Waals surface area contributed by atoms with Crippen molar-refractivity contribution in [3.63, 3.8) is 0 Å². The lowest BCUT2D eigenvalue weighted by Crippen LogP contribution is -2.49. The van der Waals surface area contributed by atoms with Gasteiger partial charge in [0.05, 0.1) is 25.8 Å². The number of fused-ring (bicyclic) bond motifs is 2. The lowest BCUT2D eigenvalue weighted by molar-refractivity contribution is -0.127. The number of carbonyl (C=O) groups excluding carboxylic acids is 2. The zero-order chi connectivity index (χ0) is 19.0. The van der Waals surface area contributed by atoms with Crippen molar-refractivity contribution < 1.29 is 19.1 Å². The van der Waals surface area contributed by atoms with Gasteiger partial charge in [0.25, 0.3) is 0 Å². The Morgan fingerprint density at radius 3 is 2.29 bits per heavy atom. The number of methoxy groups -OCH3 is 2. The quantitative estimate of drug-likeness (QED) is 0.776. The number of rotatable bonds is 5. The minimum atomic E-state index is -0.317. The van der Waals surface area contributed by atoms with Gasteiger partial charge < -0.3 is 25.0 Å². The van der Waals surface area contributed by atoms with Gasteiger partial charge in [-0.15, -0.1) is 12.4 Å². The van der Waals surface area contributed by atoms with Gasteiger partial charge in [0.2, 0.25) is 11.8 Å². The zero-order valence-electron chi connectivity index (χ0n) is 16.3. The number of piperidine rings is 1. The number of anilines is 1. The first-order valence-corrected chi connectivity index (χ1v) is 9.65. The second kappa shape index (κ2) is 8.57. The molecule has 0 spiro atoms. The van der Waals surface area contributed by atoms with Crippen molar-refractivity contribution in [1.29, 1.82) is 0 Å². The Hall–Kier alpha value is -1.99. The highest BCUT2D eigenvalue weighted by Gasteiger charge is 2.38. The largest absolute Gasteiger partial charge is 0.497 e. The molecule has 1 aromatic carbocycles. The third-order valence-corrected chi connectivity index (χ3v) is 5.96. The summed E-state index contributed by atoms with van der Waals surface area (Å²) in [4.78, 5) is 27.0. The van der Waals surface area contributed by atoms with Gasteiger partial charge in [0.1, 0.15) is 11.5 Å². The summed E-state index contributed by atoms with van der Waals surface area (Å²) in [7, 11) is 3.15. The molecule has 0 aliphatic carbocycles. The van der Waals surface area contributed by atoms with Gasteiger partial charge in [-0.2, -0.15) is 0 Å². The number of amides is 2. The Morgan fingerprint density at radius 1 is 1.11 bits per heavy atom. The van der Waals surface area contributed by atoms with Gasteiger partial charge in [0.15, 0.2) is 0 Å². The molecule has 3 unspecified atom stereocenters. The van der Waals surface area contributed by atoms with Gasteiger partial charge in [-0.05, 0) is 25.7 Å². The Balaban J connectivity index is 0.00000225. The molecule has 3 aliphatic rings. The van der Waals surface area contributed by atoms with E-state index in [-0.39, 0.29) is 42.6 Å². The normalized spacial score (nSPS) is 28.6. The van der Waals surface area contributed by atoms with Crippen molar-refractivity contribution in [3.05, 3.63) is 18.2 Å². The fourth-order valence-corrected chi connectivity index (χ4v) is 4.58. The van der Waals surface area contributed by atoms with Crippen molar-refractivity contribution >= 4 is 29.9 Å². The first-order valence-electron chi connectivity index (χ1n) is 9.65. The second-order valence-electron chi connectivity index (χ2n) is 7.79. The predicted molar refractivity (Wildman–Crippen MR) is 108 cm³/mol. The second-order valence-corrected chi connectivity index (χ2v) is 7.79. The Labute approximate surface area is 171 Å². The Kier molecular flexibility index (Phi) is 6.35. The summed E-state index contributed by atoms with van der Waals surface area (Å²) < 4.78 is 10.6. The third-order valence-electron chi connectivity index (χ3n) is 5.96. The molecule has 8 heteroatoms. The fourth-order valence-electron chi connectivity index (χ4n) is 4.58.